The highest BCUT2D eigenvalue weighted by Gasteiger charge is 2.33. The summed E-state index contributed by atoms with van der Waals surface area (Å²) in [5, 5.41) is 6.95. The van der Waals surface area contributed by atoms with Gasteiger partial charge in [0.2, 0.25) is 0 Å². The molecule has 0 bridgehead atoms. The summed E-state index contributed by atoms with van der Waals surface area (Å²) in [5.41, 5.74) is 19.6. The van der Waals surface area contributed by atoms with Crippen molar-refractivity contribution in [3.8, 4) is 16.8 Å². The third-order valence-electron chi connectivity index (χ3n) is 13.6. The molecule has 4 heteroatoms. The number of aromatic nitrogens is 1. The number of hydrogen-bond donors (Lipinski definition) is 1. The molecule has 3 heterocycles. The highest BCUT2D eigenvalue weighted by Crippen LogP contribution is 2.52. The normalized spacial score (nSPS) is 22.0. The molecule has 6 aromatic rings. The number of thioether (sulfide) groups is 1. The molecule has 0 amide bonds. The Bertz CT molecular complexity index is 2980. The Morgan fingerprint density at radius 2 is 1.45 bits per heavy atom. The summed E-state index contributed by atoms with van der Waals surface area (Å²) in [7, 11) is 0. The first-order chi connectivity index (χ1) is 29.7. The molecule has 0 radical (unpaired) electrons. The Kier molecular flexibility index (Phi) is 8.87. The molecule has 5 aromatic carbocycles. The van der Waals surface area contributed by atoms with Crippen molar-refractivity contribution < 1.29 is 0 Å². The van der Waals surface area contributed by atoms with Gasteiger partial charge in [-0.05, 0) is 144 Å². The van der Waals surface area contributed by atoms with Crippen LogP contribution in [-0.2, 0) is 0 Å². The number of rotatable bonds is 6. The molecule has 3 atom stereocenters. The molecule has 60 heavy (non-hydrogen) atoms. The number of nitrogens with zero attached hydrogens (tertiary/aromatic N) is 2. The first-order valence-corrected chi connectivity index (χ1v) is 22.8. The fourth-order valence-corrected chi connectivity index (χ4v) is 11.8. The Hall–Kier alpha value is -6.10. The van der Waals surface area contributed by atoms with Gasteiger partial charge in [-0.25, -0.2) is 0 Å². The number of benzene rings is 5. The third kappa shape index (κ3) is 6.23. The maximum atomic E-state index is 5.44. The fourth-order valence-electron chi connectivity index (χ4n) is 10.5. The average molecular weight is 794 g/mol. The van der Waals surface area contributed by atoms with E-state index in [1.807, 2.05) is 0 Å². The minimum Gasteiger partial charge on any atom is -0.360 e. The van der Waals surface area contributed by atoms with E-state index in [1.165, 1.54) is 103 Å². The number of allylic oxidation sites excluding steroid dienone is 12. The molecule has 4 aliphatic carbocycles. The zero-order chi connectivity index (χ0) is 39.6. The summed E-state index contributed by atoms with van der Waals surface area (Å²) in [6.45, 7) is 0. The van der Waals surface area contributed by atoms with Gasteiger partial charge in [0.05, 0.1) is 16.7 Å². The lowest BCUT2D eigenvalue weighted by atomic mass is 9.80. The van der Waals surface area contributed by atoms with Gasteiger partial charge in [-0.1, -0.05) is 127 Å². The van der Waals surface area contributed by atoms with Crippen LogP contribution >= 0.6 is 11.8 Å². The maximum Gasteiger partial charge on any atom is 0.145 e. The fraction of sp³-hybridized carbons (Fsp3) is 0.196. The van der Waals surface area contributed by atoms with Gasteiger partial charge in [-0.3, -0.25) is 4.99 Å². The second-order valence-corrected chi connectivity index (χ2v) is 18.3. The molecule has 6 aliphatic rings. The highest BCUT2D eigenvalue weighted by molar-refractivity contribution is 8.00. The van der Waals surface area contributed by atoms with E-state index in [9.17, 15) is 0 Å². The predicted molar refractivity (Wildman–Crippen MR) is 253 cm³/mol. The van der Waals surface area contributed by atoms with Gasteiger partial charge < -0.3 is 9.88 Å². The summed E-state index contributed by atoms with van der Waals surface area (Å²) >= 11 is 2.07. The zero-order valence-corrected chi connectivity index (χ0v) is 34.6. The second-order valence-electron chi connectivity index (χ2n) is 17.1. The molecule has 0 saturated carbocycles. The Labute approximate surface area is 357 Å². The van der Waals surface area contributed by atoms with Crippen LogP contribution in [0.3, 0.4) is 0 Å². The summed E-state index contributed by atoms with van der Waals surface area (Å²) in [6, 6.07) is 43.0. The van der Waals surface area contributed by atoms with Gasteiger partial charge in [0.15, 0.2) is 0 Å². The van der Waals surface area contributed by atoms with Crippen molar-refractivity contribution in [2.24, 2.45) is 10.9 Å². The number of para-hydroxylation sites is 1. The van der Waals surface area contributed by atoms with Gasteiger partial charge in [-0.15, -0.1) is 11.8 Å². The van der Waals surface area contributed by atoms with E-state index >= 15 is 0 Å². The molecule has 3 nitrogen and oxygen atoms in total. The molecule has 3 unspecified atom stereocenters. The molecule has 1 N–H and O–H groups in total. The predicted octanol–water partition coefficient (Wildman–Crippen LogP) is 14.4. The molecule has 1 aromatic heterocycles. The molecule has 292 valence electrons. The smallest absolute Gasteiger partial charge is 0.145 e. The summed E-state index contributed by atoms with van der Waals surface area (Å²) in [4.78, 5) is 6.88. The van der Waals surface area contributed by atoms with E-state index < -0.39 is 0 Å². The van der Waals surface area contributed by atoms with Crippen LogP contribution in [0, 0.1) is 5.92 Å². The third-order valence-corrected chi connectivity index (χ3v) is 15.0. The molecule has 2 aliphatic heterocycles. The molecule has 12 rings (SSSR count). The van der Waals surface area contributed by atoms with E-state index in [0.717, 1.165) is 37.1 Å². The van der Waals surface area contributed by atoms with Gasteiger partial charge in [0.1, 0.15) is 6.17 Å². The van der Waals surface area contributed by atoms with Crippen molar-refractivity contribution in [3.63, 3.8) is 0 Å². The van der Waals surface area contributed by atoms with Crippen LogP contribution in [0.4, 0.5) is 0 Å². The van der Waals surface area contributed by atoms with E-state index in [0.29, 0.717) is 11.2 Å². The molecule has 0 spiro atoms. The first-order valence-electron chi connectivity index (χ1n) is 21.9. The molecular weight excluding hydrogens is 747 g/mol. The standard InChI is InChI=1S/C56H47N3S/c1-3-11-36(12-4-1)38-19-21-39(22-20-38)55-46-16-7-9-17-50(46)57-56(58-55)40-23-28-44(29-24-40)59-51-18-10-8-15-45(51)47-33-42(25-30-52(47)59)43-27-32-54-49(35-43)48-34-41(26-31-53(48)60-54)37-13-5-2-6-14-37/h1-5,8,10-13,15-19,21,23-25,27-30,32-35,41,53,56-57H,6-7,9,14,20,22,26,31H2. The van der Waals surface area contributed by atoms with Crippen molar-refractivity contribution in [2.75, 3.05) is 0 Å². The number of aliphatic imine (C=N–C) groups is 1. The van der Waals surface area contributed by atoms with Gasteiger partial charge in [0, 0.05) is 37.9 Å². The lowest BCUT2D eigenvalue weighted by Crippen LogP contribution is -2.31. The minimum atomic E-state index is -0.144. The Morgan fingerprint density at radius 1 is 0.650 bits per heavy atom. The molecule has 0 saturated heterocycles. The number of nitrogens with one attached hydrogen (secondary N) is 1. The van der Waals surface area contributed by atoms with Crippen molar-refractivity contribution in [2.45, 2.75) is 67.7 Å². The first kappa shape index (κ1) is 35.8. The largest absolute Gasteiger partial charge is 0.360 e. The second kappa shape index (κ2) is 14.9. The summed E-state index contributed by atoms with van der Waals surface area (Å²) in [5.74, 6) is 0.572. The average Bonchev–Trinajstić information content (AvgIpc) is 3.86. The summed E-state index contributed by atoms with van der Waals surface area (Å²) < 4.78 is 2.43. The van der Waals surface area contributed by atoms with Gasteiger partial charge in [-0.2, -0.15) is 0 Å². The minimum absolute atomic E-state index is 0.144. The van der Waals surface area contributed by atoms with Gasteiger partial charge in [0.25, 0.3) is 0 Å². The topological polar surface area (TPSA) is 29.3 Å². The quantitative estimate of drug-likeness (QED) is 0.182. The van der Waals surface area contributed by atoms with Crippen LogP contribution in [0.5, 0.6) is 0 Å². The summed E-state index contributed by atoms with van der Waals surface area (Å²) in [6.07, 6.45) is 27.8. The van der Waals surface area contributed by atoms with Crippen LogP contribution in [0.1, 0.15) is 74.2 Å². The van der Waals surface area contributed by atoms with Gasteiger partial charge >= 0.3 is 0 Å². The van der Waals surface area contributed by atoms with E-state index in [2.05, 4.69) is 186 Å². The van der Waals surface area contributed by atoms with Crippen LogP contribution in [0.2, 0.25) is 0 Å². The number of fused-ring (bicyclic) bond motifs is 7. The lowest BCUT2D eigenvalue weighted by molar-refractivity contribution is 0.599. The van der Waals surface area contributed by atoms with E-state index in [1.54, 1.807) is 11.1 Å². The highest BCUT2D eigenvalue weighted by atomic mass is 32.2. The van der Waals surface area contributed by atoms with Crippen molar-refractivity contribution >= 4 is 50.4 Å². The number of hydrogen-bond acceptors (Lipinski definition) is 3. The maximum absolute atomic E-state index is 5.44. The lowest BCUT2D eigenvalue weighted by Gasteiger charge is -2.31. The van der Waals surface area contributed by atoms with E-state index in [4.69, 9.17) is 4.99 Å². The Balaban J connectivity index is 0.870. The Morgan fingerprint density at radius 3 is 2.32 bits per heavy atom. The van der Waals surface area contributed by atoms with Crippen LogP contribution in [0.25, 0.3) is 49.8 Å². The van der Waals surface area contributed by atoms with Crippen LogP contribution in [-0.4, -0.2) is 15.5 Å². The molecular formula is C56H47N3S. The SMILES string of the molecule is C1=CCCC(C2C=C3c4cc(-c5ccc6c(c5)c5ccccc5n6-c5ccc(C6N=C(C7=CC=C(c8ccccc8)CC7)C7=CCCC=C7N6)cc5)ccc4SC3CC2)=C1. The monoisotopic (exact) mass is 793 g/mol. The van der Waals surface area contributed by atoms with E-state index in [-0.39, 0.29) is 6.17 Å². The zero-order valence-electron chi connectivity index (χ0n) is 33.8. The van der Waals surface area contributed by atoms with Crippen molar-refractivity contribution in [1.82, 2.24) is 9.88 Å². The van der Waals surface area contributed by atoms with Crippen molar-refractivity contribution in [1.29, 1.82) is 0 Å². The van der Waals surface area contributed by atoms with Crippen LogP contribution in [0.15, 0.2) is 196 Å². The van der Waals surface area contributed by atoms with Crippen LogP contribution < -0.4 is 5.32 Å². The molecule has 0 fully saturated rings. The van der Waals surface area contributed by atoms with Crippen molar-refractivity contribution in [3.05, 3.63) is 203 Å².